The highest BCUT2D eigenvalue weighted by atomic mass is 15.3. The second-order valence-electron chi connectivity index (χ2n) is 5.00. The van der Waals surface area contributed by atoms with Crippen LogP contribution in [0.2, 0.25) is 0 Å². The van der Waals surface area contributed by atoms with Crippen molar-refractivity contribution in [2.75, 3.05) is 6.54 Å². The van der Waals surface area contributed by atoms with Crippen LogP contribution in [-0.4, -0.2) is 21.1 Å². The van der Waals surface area contributed by atoms with E-state index in [1.165, 1.54) is 5.56 Å². The topological polar surface area (TPSA) is 56.2 Å². The third-order valence-corrected chi connectivity index (χ3v) is 2.60. The van der Waals surface area contributed by atoms with Gasteiger partial charge in [-0.25, -0.2) is 9.50 Å². The van der Waals surface area contributed by atoms with Gasteiger partial charge in [0.2, 0.25) is 0 Å². The van der Waals surface area contributed by atoms with Gasteiger partial charge in [-0.1, -0.05) is 20.8 Å². The molecule has 0 unspecified atom stereocenters. The first kappa shape index (κ1) is 11.1. The molecule has 0 spiro atoms. The Morgan fingerprint density at radius 2 is 2.12 bits per heavy atom. The van der Waals surface area contributed by atoms with E-state index in [2.05, 4.69) is 30.9 Å². The predicted molar refractivity (Wildman–Crippen MR) is 64.4 cm³/mol. The zero-order valence-electron chi connectivity index (χ0n) is 10.1. The Kier molecular flexibility index (Phi) is 2.68. The maximum absolute atomic E-state index is 5.66. The summed E-state index contributed by atoms with van der Waals surface area (Å²) >= 11 is 0. The van der Waals surface area contributed by atoms with Crippen molar-refractivity contribution in [2.45, 2.75) is 32.6 Å². The van der Waals surface area contributed by atoms with Gasteiger partial charge in [0, 0.05) is 23.4 Å². The zero-order valence-corrected chi connectivity index (χ0v) is 10.1. The van der Waals surface area contributed by atoms with Crippen molar-refractivity contribution in [1.29, 1.82) is 0 Å². The molecule has 0 fully saturated rings. The minimum atomic E-state index is 0.0260. The molecule has 0 amide bonds. The number of hydrogen-bond acceptors (Lipinski definition) is 3. The second-order valence-corrected chi connectivity index (χ2v) is 5.00. The molecular formula is C12H18N4. The van der Waals surface area contributed by atoms with E-state index in [4.69, 9.17) is 5.73 Å². The van der Waals surface area contributed by atoms with Crippen molar-refractivity contribution in [3.63, 3.8) is 0 Å². The molecule has 0 radical (unpaired) electrons. The third kappa shape index (κ3) is 1.80. The fraction of sp³-hybridized carbons (Fsp3) is 0.500. The lowest BCUT2D eigenvalue weighted by Gasteiger charge is -2.16. The van der Waals surface area contributed by atoms with Gasteiger partial charge in [0.05, 0.1) is 5.69 Å². The molecule has 2 aromatic rings. The van der Waals surface area contributed by atoms with Gasteiger partial charge in [0.25, 0.3) is 0 Å². The van der Waals surface area contributed by atoms with E-state index < -0.39 is 0 Å². The van der Waals surface area contributed by atoms with Gasteiger partial charge in [-0.3, -0.25) is 0 Å². The Bertz CT molecular complexity index is 493. The van der Waals surface area contributed by atoms with Crippen LogP contribution in [-0.2, 0) is 11.8 Å². The van der Waals surface area contributed by atoms with Crippen molar-refractivity contribution in [1.82, 2.24) is 14.6 Å². The molecule has 0 bridgehead atoms. The van der Waals surface area contributed by atoms with E-state index in [-0.39, 0.29) is 5.41 Å². The molecule has 0 aliphatic carbocycles. The molecule has 0 aliphatic rings. The summed E-state index contributed by atoms with van der Waals surface area (Å²) in [5, 5.41) is 4.60. The molecule has 0 atom stereocenters. The standard InChI is InChI=1S/C12H18N4/c1-12(2,3)10-9(5-6-13)11-14-7-4-8-16(11)15-10/h4,7-8H,5-6,13H2,1-3H3. The first-order valence-electron chi connectivity index (χ1n) is 5.57. The summed E-state index contributed by atoms with van der Waals surface area (Å²) in [4.78, 5) is 4.38. The quantitative estimate of drug-likeness (QED) is 0.831. The van der Waals surface area contributed by atoms with Crippen molar-refractivity contribution >= 4 is 5.65 Å². The Balaban J connectivity index is 2.68. The first-order valence-corrected chi connectivity index (χ1v) is 5.57. The minimum Gasteiger partial charge on any atom is -0.330 e. The lowest BCUT2D eigenvalue weighted by Crippen LogP contribution is -2.16. The van der Waals surface area contributed by atoms with Crippen LogP contribution in [0.15, 0.2) is 18.5 Å². The van der Waals surface area contributed by atoms with Gasteiger partial charge in [-0.2, -0.15) is 5.10 Å². The maximum atomic E-state index is 5.66. The Hall–Kier alpha value is -1.42. The van der Waals surface area contributed by atoms with Gasteiger partial charge >= 0.3 is 0 Å². The summed E-state index contributed by atoms with van der Waals surface area (Å²) in [7, 11) is 0. The van der Waals surface area contributed by atoms with E-state index in [1.807, 2.05) is 16.8 Å². The number of nitrogens with two attached hydrogens (primary N) is 1. The Labute approximate surface area is 95.5 Å². The van der Waals surface area contributed by atoms with Crippen LogP contribution in [0.3, 0.4) is 0 Å². The highest BCUT2D eigenvalue weighted by Crippen LogP contribution is 2.26. The summed E-state index contributed by atoms with van der Waals surface area (Å²) in [6, 6.07) is 1.89. The van der Waals surface area contributed by atoms with Gasteiger partial charge in [-0.15, -0.1) is 0 Å². The molecule has 0 saturated carbocycles. The van der Waals surface area contributed by atoms with Crippen molar-refractivity contribution < 1.29 is 0 Å². The van der Waals surface area contributed by atoms with E-state index in [0.29, 0.717) is 6.54 Å². The normalized spacial score (nSPS) is 12.2. The van der Waals surface area contributed by atoms with Gasteiger partial charge in [0.15, 0.2) is 5.65 Å². The fourth-order valence-electron chi connectivity index (χ4n) is 1.91. The van der Waals surface area contributed by atoms with E-state index in [9.17, 15) is 0 Å². The molecule has 86 valence electrons. The highest BCUT2D eigenvalue weighted by molar-refractivity contribution is 5.51. The van der Waals surface area contributed by atoms with Crippen LogP contribution in [0, 0.1) is 0 Å². The molecule has 0 aliphatic heterocycles. The SMILES string of the molecule is CC(C)(C)c1nn2cccnc2c1CCN. The molecule has 16 heavy (non-hydrogen) atoms. The third-order valence-electron chi connectivity index (χ3n) is 2.60. The number of aromatic nitrogens is 3. The van der Waals surface area contributed by atoms with Crippen molar-refractivity contribution in [3.8, 4) is 0 Å². The largest absolute Gasteiger partial charge is 0.330 e. The molecule has 0 saturated heterocycles. The Morgan fingerprint density at radius 1 is 1.38 bits per heavy atom. The lowest BCUT2D eigenvalue weighted by atomic mass is 9.88. The van der Waals surface area contributed by atoms with Crippen molar-refractivity contribution in [3.05, 3.63) is 29.7 Å². The average Bonchev–Trinajstić information content (AvgIpc) is 2.58. The minimum absolute atomic E-state index is 0.0260. The monoisotopic (exact) mass is 218 g/mol. The van der Waals surface area contributed by atoms with Gasteiger partial charge in [0.1, 0.15) is 0 Å². The van der Waals surface area contributed by atoms with Crippen LogP contribution in [0.1, 0.15) is 32.0 Å². The molecule has 4 nitrogen and oxygen atoms in total. The second kappa shape index (κ2) is 3.87. The van der Waals surface area contributed by atoms with E-state index in [1.54, 1.807) is 6.20 Å². The summed E-state index contributed by atoms with van der Waals surface area (Å²) in [6.07, 6.45) is 4.55. The smallest absolute Gasteiger partial charge is 0.158 e. The highest BCUT2D eigenvalue weighted by Gasteiger charge is 2.23. The van der Waals surface area contributed by atoms with Crippen molar-refractivity contribution in [2.24, 2.45) is 5.73 Å². The lowest BCUT2D eigenvalue weighted by molar-refractivity contribution is 0.556. The van der Waals surface area contributed by atoms with E-state index in [0.717, 1.165) is 17.8 Å². The molecule has 2 N–H and O–H groups in total. The van der Waals surface area contributed by atoms with Crippen LogP contribution in [0.5, 0.6) is 0 Å². The van der Waals surface area contributed by atoms with Crippen LogP contribution in [0.25, 0.3) is 5.65 Å². The number of hydrogen-bond donors (Lipinski definition) is 1. The molecule has 4 heteroatoms. The molecule has 2 rings (SSSR count). The first-order chi connectivity index (χ1) is 7.54. The molecule has 0 aromatic carbocycles. The summed E-state index contributed by atoms with van der Waals surface area (Å²) in [5.74, 6) is 0. The fourth-order valence-corrected chi connectivity index (χ4v) is 1.91. The Morgan fingerprint density at radius 3 is 2.75 bits per heavy atom. The van der Waals surface area contributed by atoms with Crippen LogP contribution < -0.4 is 5.73 Å². The van der Waals surface area contributed by atoms with E-state index >= 15 is 0 Å². The maximum Gasteiger partial charge on any atom is 0.158 e. The van der Waals surface area contributed by atoms with Crippen LogP contribution >= 0.6 is 0 Å². The average molecular weight is 218 g/mol. The van der Waals surface area contributed by atoms with Gasteiger partial charge in [-0.05, 0) is 19.0 Å². The van der Waals surface area contributed by atoms with Crippen LogP contribution in [0.4, 0.5) is 0 Å². The zero-order chi connectivity index (χ0) is 11.8. The summed E-state index contributed by atoms with van der Waals surface area (Å²) < 4.78 is 1.84. The number of rotatable bonds is 2. The van der Waals surface area contributed by atoms with Gasteiger partial charge < -0.3 is 5.73 Å². The molecule has 2 heterocycles. The predicted octanol–water partition coefficient (Wildman–Crippen LogP) is 1.53. The number of nitrogens with zero attached hydrogens (tertiary/aromatic N) is 3. The number of fused-ring (bicyclic) bond motifs is 1. The summed E-state index contributed by atoms with van der Waals surface area (Å²) in [6.45, 7) is 7.11. The molecule has 2 aromatic heterocycles. The summed E-state index contributed by atoms with van der Waals surface area (Å²) in [5.41, 5.74) is 8.88. The molecular weight excluding hydrogens is 200 g/mol.